The first kappa shape index (κ1) is 15.5. The van der Waals surface area contributed by atoms with Crippen molar-refractivity contribution < 1.29 is 0 Å². The van der Waals surface area contributed by atoms with Crippen LogP contribution in [0.15, 0.2) is 24.3 Å². The van der Waals surface area contributed by atoms with Crippen LogP contribution in [0.2, 0.25) is 5.02 Å². The first-order valence-electron chi connectivity index (χ1n) is 6.69. The van der Waals surface area contributed by atoms with Crippen LogP contribution in [0.3, 0.4) is 0 Å². The molecule has 0 fully saturated rings. The lowest BCUT2D eigenvalue weighted by molar-refractivity contribution is 0.256. The topological polar surface area (TPSA) is 15.3 Å². The molecule has 0 radical (unpaired) electrons. The molecule has 0 aliphatic heterocycles. The molecule has 0 aliphatic rings. The molecule has 1 aromatic carbocycles. The van der Waals surface area contributed by atoms with Crippen LogP contribution in [0, 0.1) is 0 Å². The Labute approximate surface area is 116 Å². The Kier molecular flexibility index (Phi) is 6.69. The summed E-state index contributed by atoms with van der Waals surface area (Å²) >= 11 is 5.91. The Morgan fingerprint density at radius 1 is 1.17 bits per heavy atom. The molecule has 0 saturated carbocycles. The first-order chi connectivity index (χ1) is 8.50. The average Bonchev–Trinajstić information content (AvgIpc) is 2.34. The van der Waals surface area contributed by atoms with Gasteiger partial charge in [0.05, 0.1) is 0 Å². The van der Waals surface area contributed by atoms with E-state index in [4.69, 9.17) is 11.6 Å². The zero-order valence-corrected chi connectivity index (χ0v) is 12.7. The standard InChI is InChI=1S/C15H25ClN2/c1-12(2)17-10-5-11-18(4)13(3)14-6-8-15(16)9-7-14/h6-9,12-13,17H,5,10-11H2,1-4H3. The highest BCUT2D eigenvalue weighted by molar-refractivity contribution is 6.30. The minimum Gasteiger partial charge on any atom is -0.314 e. The zero-order chi connectivity index (χ0) is 13.5. The van der Waals surface area contributed by atoms with E-state index in [1.807, 2.05) is 12.1 Å². The van der Waals surface area contributed by atoms with E-state index >= 15 is 0 Å². The van der Waals surface area contributed by atoms with Crippen LogP contribution in [0.1, 0.15) is 38.8 Å². The monoisotopic (exact) mass is 268 g/mol. The molecule has 0 aromatic heterocycles. The Morgan fingerprint density at radius 2 is 1.78 bits per heavy atom. The first-order valence-corrected chi connectivity index (χ1v) is 7.07. The quantitative estimate of drug-likeness (QED) is 0.759. The molecule has 1 unspecified atom stereocenters. The lowest BCUT2D eigenvalue weighted by atomic mass is 10.1. The minimum absolute atomic E-state index is 0.432. The largest absolute Gasteiger partial charge is 0.314 e. The van der Waals surface area contributed by atoms with E-state index < -0.39 is 0 Å². The number of halogens is 1. The van der Waals surface area contributed by atoms with Crippen molar-refractivity contribution in [1.82, 2.24) is 10.2 Å². The van der Waals surface area contributed by atoms with E-state index in [0.717, 1.165) is 18.1 Å². The highest BCUT2D eigenvalue weighted by atomic mass is 35.5. The average molecular weight is 269 g/mol. The maximum atomic E-state index is 5.91. The van der Waals surface area contributed by atoms with Crippen molar-refractivity contribution >= 4 is 11.6 Å². The fourth-order valence-corrected chi connectivity index (χ4v) is 2.03. The van der Waals surface area contributed by atoms with Gasteiger partial charge >= 0.3 is 0 Å². The van der Waals surface area contributed by atoms with E-state index in [-0.39, 0.29) is 0 Å². The lowest BCUT2D eigenvalue weighted by Crippen LogP contribution is -2.29. The summed E-state index contributed by atoms with van der Waals surface area (Å²) in [5, 5.41) is 4.24. The maximum Gasteiger partial charge on any atom is 0.0406 e. The molecule has 1 N–H and O–H groups in total. The van der Waals surface area contributed by atoms with E-state index in [1.165, 1.54) is 12.0 Å². The lowest BCUT2D eigenvalue weighted by Gasteiger charge is -2.25. The predicted molar refractivity (Wildman–Crippen MR) is 80.3 cm³/mol. The van der Waals surface area contributed by atoms with Gasteiger partial charge in [0, 0.05) is 17.1 Å². The van der Waals surface area contributed by atoms with Gasteiger partial charge in [-0.1, -0.05) is 37.6 Å². The van der Waals surface area contributed by atoms with Gasteiger partial charge in [-0.05, 0) is 51.2 Å². The summed E-state index contributed by atoms with van der Waals surface area (Å²) in [5.74, 6) is 0. The van der Waals surface area contributed by atoms with Gasteiger partial charge in [-0.15, -0.1) is 0 Å². The second-order valence-electron chi connectivity index (χ2n) is 5.17. The van der Waals surface area contributed by atoms with E-state index in [2.05, 4.69) is 50.2 Å². The fourth-order valence-electron chi connectivity index (χ4n) is 1.91. The van der Waals surface area contributed by atoms with Gasteiger partial charge in [-0.25, -0.2) is 0 Å². The Morgan fingerprint density at radius 3 is 2.33 bits per heavy atom. The molecular weight excluding hydrogens is 244 g/mol. The summed E-state index contributed by atoms with van der Waals surface area (Å²) in [5.41, 5.74) is 1.32. The number of hydrogen-bond acceptors (Lipinski definition) is 2. The van der Waals surface area contributed by atoms with E-state index in [0.29, 0.717) is 12.1 Å². The molecule has 1 atom stereocenters. The molecule has 18 heavy (non-hydrogen) atoms. The summed E-state index contributed by atoms with van der Waals surface area (Å²) in [7, 11) is 2.18. The van der Waals surface area contributed by atoms with Crippen molar-refractivity contribution in [3.63, 3.8) is 0 Å². The maximum absolute atomic E-state index is 5.91. The van der Waals surface area contributed by atoms with Crippen molar-refractivity contribution in [2.45, 2.75) is 39.3 Å². The van der Waals surface area contributed by atoms with Crippen LogP contribution in [0.4, 0.5) is 0 Å². The smallest absolute Gasteiger partial charge is 0.0406 e. The number of nitrogens with one attached hydrogen (secondary N) is 1. The third kappa shape index (κ3) is 5.38. The summed E-state index contributed by atoms with van der Waals surface area (Å²) in [4.78, 5) is 2.38. The van der Waals surface area contributed by atoms with Gasteiger partial charge in [0.15, 0.2) is 0 Å². The van der Waals surface area contributed by atoms with Crippen LogP contribution in [-0.4, -0.2) is 31.1 Å². The van der Waals surface area contributed by atoms with Crippen LogP contribution in [-0.2, 0) is 0 Å². The number of hydrogen-bond donors (Lipinski definition) is 1. The van der Waals surface area contributed by atoms with Gasteiger partial charge in [-0.2, -0.15) is 0 Å². The minimum atomic E-state index is 0.432. The third-order valence-corrected chi connectivity index (χ3v) is 3.51. The molecule has 0 saturated heterocycles. The molecule has 3 heteroatoms. The van der Waals surface area contributed by atoms with Crippen LogP contribution in [0.25, 0.3) is 0 Å². The number of benzene rings is 1. The predicted octanol–water partition coefficient (Wildman–Crippen LogP) is 3.72. The van der Waals surface area contributed by atoms with Gasteiger partial charge in [0.2, 0.25) is 0 Å². The van der Waals surface area contributed by atoms with Gasteiger partial charge in [-0.3, -0.25) is 4.90 Å². The molecule has 2 nitrogen and oxygen atoms in total. The molecular formula is C15H25ClN2. The fraction of sp³-hybridized carbons (Fsp3) is 0.600. The Bertz CT molecular complexity index is 335. The van der Waals surface area contributed by atoms with Gasteiger partial charge < -0.3 is 5.32 Å². The van der Waals surface area contributed by atoms with Gasteiger partial charge in [0.25, 0.3) is 0 Å². The Hall–Kier alpha value is -0.570. The van der Waals surface area contributed by atoms with Crippen molar-refractivity contribution in [3.05, 3.63) is 34.9 Å². The molecule has 1 aromatic rings. The van der Waals surface area contributed by atoms with Crippen molar-refractivity contribution in [3.8, 4) is 0 Å². The molecule has 0 amide bonds. The third-order valence-electron chi connectivity index (χ3n) is 3.25. The van der Waals surface area contributed by atoms with Crippen LogP contribution >= 0.6 is 11.6 Å². The molecule has 102 valence electrons. The van der Waals surface area contributed by atoms with Crippen LogP contribution in [0.5, 0.6) is 0 Å². The summed E-state index contributed by atoms with van der Waals surface area (Å²) < 4.78 is 0. The molecule has 1 rings (SSSR count). The summed E-state index contributed by atoms with van der Waals surface area (Å²) in [6.45, 7) is 8.78. The zero-order valence-electron chi connectivity index (χ0n) is 11.9. The normalized spacial score (nSPS) is 13.3. The summed E-state index contributed by atoms with van der Waals surface area (Å²) in [6.07, 6.45) is 1.17. The molecule has 0 aliphatic carbocycles. The van der Waals surface area contributed by atoms with Crippen molar-refractivity contribution in [1.29, 1.82) is 0 Å². The molecule has 0 bridgehead atoms. The van der Waals surface area contributed by atoms with E-state index in [9.17, 15) is 0 Å². The SMILES string of the molecule is CC(C)NCCCN(C)C(C)c1ccc(Cl)cc1. The van der Waals surface area contributed by atoms with Gasteiger partial charge in [0.1, 0.15) is 0 Å². The van der Waals surface area contributed by atoms with Crippen molar-refractivity contribution in [2.24, 2.45) is 0 Å². The number of nitrogens with zero attached hydrogens (tertiary/aromatic N) is 1. The molecule has 0 spiro atoms. The van der Waals surface area contributed by atoms with Crippen LogP contribution < -0.4 is 5.32 Å². The van der Waals surface area contributed by atoms with Crippen molar-refractivity contribution in [2.75, 3.05) is 20.1 Å². The summed E-state index contributed by atoms with van der Waals surface area (Å²) in [6, 6.07) is 9.14. The Balaban J connectivity index is 2.36. The highest BCUT2D eigenvalue weighted by Crippen LogP contribution is 2.20. The van der Waals surface area contributed by atoms with E-state index in [1.54, 1.807) is 0 Å². The number of rotatable bonds is 7. The second-order valence-corrected chi connectivity index (χ2v) is 5.61. The highest BCUT2D eigenvalue weighted by Gasteiger charge is 2.10. The second kappa shape index (κ2) is 7.78. The molecule has 0 heterocycles.